The molecule has 0 aromatic rings. The van der Waals surface area contributed by atoms with E-state index in [1.165, 1.54) is 0 Å². The number of hydrogen-bond donors (Lipinski definition) is 4. The zero-order chi connectivity index (χ0) is 34.6. The molecule has 1 saturated carbocycles. The summed E-state index contributed by atoms with van der Waals surface area (Å²) < 4.78 is 44.9. The van der Waals surface area contributed by atoms with Crippen LogP contribution in [-0.4, -0.2) is 114 Å². The van der Waals surface area contributed by atoms with Gasteiger partial charge in [0, 0.05) is 38.3 Å². The number of methoxy groups -OCH3 is 1. The van der Waals surface area contributed by atoms with Gasteiger partial charge in [-0.1, -0.05) is 13.8 Å². The summed E-state index contributed by atoms with van der Waals surface area (Å²) in [6, 6.07) is 0.212. The number of carbonyl (C=O) groups is 1. The predicted octanol–water partition coefficient (Wildman–Crippen LogP) is 2.94. The van der Waals surface area contributed by atoms with Crippen LogP contribution in [0.2, 0.25) is 0 Å². The Morgan fingerprint density at radius 2 is 1.77 bits per heavy atom. The molecule has 0 radical (unpaired) electrons. The topological polar surface area (TPSA) is 154 Å². The first-order valence-electron chi connectivity index (χ1n) is 17.5. The second-order valence-electron chi connectivity index (χ2n) is 15.4. The summed E-state index contributed by atoms with van der Waals surface area (Å²) in [5.74, 6) is -1.58. The van der Waals surface area contributed by atoms with Crippen LogP contribution in [0, 0.1) is 17.8 Å². The normalized spacial score (nSPS) is 49.7. The number of esters is 1. The standard InChI is InChI=1S/C35H59NO11/c1-11-24(37)35(40)15-23-27-17(2)14-34(8,47-27)30(45-25-13-22(36-9)12-18(3)42-25)19(4)28(20(5)32(39)46-31(23)35)44-26-16-33(7,41-10)29(38)21(6)43-26/h18-26,28-31,36-38,40H,11-16H2,1-10H3/t18?,19-,20+,21?,22?,23-,24+,25?,26?,28+,29?,30+,31+,33?,34?,35+/m0/s1. The first-order chi connectivity index (χ1) is 22.0. The Kier molecular flexibility index (Phi) is 10.8. The molecule has 4 fully saturated rings. The van der Waals surface area contributed by atoms with E-state index in [9.17, 15) is 20.1 Å². The molecule has 12 nitrogen and oxygen atoms in total. The number of aliphatic hydroxyl groups excluding tert-OH is 2. The summed E-state index contributed by atoms with van der Waals surface area (Å²) in [5.41, 5.74) is -2.43. The summed E-state index contributed by atoms with van der Waals surface area (Å²) in [6.45, 7) is 15.2. The van der Waals surface area contributed by atoms with E-state index in [-0.39, 0.29) is 25.0 Å². The summed E-state index contributed by atoms with van der Waals surface area (Å²) in [4.78, 5) is 14.1. The molecule has 8 unspecified atom stereocenters. The van der Waals surface area contributed by atoms with Crippen LogP contribution < -0.4 is 5.32 Å². The third-order valence-corrected chi connectivity index (χ3v) is 11.8. The lowest BCUT2D eigenvalue weighted by atomic mass is 9.63. The lowest BCUT2D eigenvalue weighted by Gasteiger charge is -2.53. The van der Waals surface area contributed by atoms with Crippen molar-refractivity contribution in [2.24, 2.45) is 17.8 Å². The molecule has 2 bridgehead atoms. The summed E-state index contributed by atoms with van der Waals surface area (Å²) in [6.07, 6.45) is -3.51. The van der Waals surface area contributed by atoms with E-state index in [0.29, 0.717) is 25.0 Å². The van der Waals surface area contributed by atoms with E-state index in [1.54, 1.807) is 27.9 Å². The third-order valence-electron chi connectivity index (χ3n) is 11.8. The molecule has 0 spiro atoms. The highest BCUT2D eigenvalue weighted by molar-refractivity contribution is 5.73. The maximum atomic E-state index is 14.1. The second kappa shape index (κ2) is 13.8. The molecule has 0 aromatic carbocycles. The smallest absolute Gasteiger partial charge is 0.311 e. The quantitative estimate of drug-likeness (QED) is 0.281. The molecule has 0 amide bonds. The average molecular weight is 670 g/mol. The number of aliphatic hydroxyl groups is 3. The van der Waals surface area contributed by atoms with Crippen molar-refractivity contribution in [2.75, 3.05) is 14.2 Å². The molecule has 47 heavy (non-hydrogen) atoms. The Balaban J connectivity index is 1.54. The van der Waals surface area contributed by atoms with Gasteiger partial charge in [-0.25, -0.2) is 0 Å². The fourth-order valence-electron chi connectivity index (χ4n) is 8.81. The lowest BCUT2D eigenvalue weighted by Crippen LogP contribution is -2.67. The first kappa shape index (κ1) is 36.9. The van der Waals surface area contributed by atoms with Crippen LogP contribution in [0.3, 0.4) is 0 Å². The van der Waals surface area contributed by atoms with Crippen LogP contribution in [0.15, 0.2) is 11.3 Å². The highest BCUT2D eigenvalue weighted by Crippen LogP contribution is 2.54. The molecule has 1 aliphatic carbocycles. The van der Waals surface area contributed by atoms with Crippen LogP contribution in [0.5, 0.6) is 0 Å². The second-order valence-corrected chi connectivity index (χ2v) is 15.4. The van der Waals surface area contributed by atoms with Gasteiger partial charge in [-0.05, 0) is 73.4 Å². The van der Waals surface area contributed by atoms with Crippen molar-refractivity contribution in [1.82, 2.24) is 5.32 Å². The average Bonchev–Trinajstić information content (AvgIpc) is 3.34. The minimum absolute atomic E-state index is 0.0217. The van der Waals surface area contributed by atoms with Gasteiger partial charge in [-0.2, -0.15) is 0 Å². The van der Waals surface area contributed by atoms with Crippen molar-refractivity contribution >= 4 is 5.97 Å². The first-order valence-corrected chi connectivity index (χ1v) is 17.5. The molecular formula is C35H59NO11. The Hall–Kier alpha value is -1.35. The molecule has 3 saturated heterocycles. The van der Waals surface area contributed by atoms with Gasteiger partial charge in [0.2, 0.25) is 0 Å². The van der Waals surface area contributed by atoms with Gasteiger partial charge in [0.15, 0.2) is 12.6 Å². The van der Waals surface area contributed by atoms with Crippen molar-refractivity contribution in [3.8, 4) is 0 Å². The minimum atomic E-state index is -1.61. The largest absolute Gasteiger partial charge is 0.488 e. The molecule has 4 N–H and O–H groups in total. The van der Waals surface area contributed by atoms with Crippen LogP contribution in [0.1, 0.15) is 93.9 Å². The summed E-state index contributed by atoms with van der Waals surface area (Å²) in [7, 11) is 3.49. The van der Waals surface area contributed by atoms with Crippen molar-refractivity contribution in [2.45, 2.75) is 172 Å². The van der Waals surface area contributed by atoms with Gasteiger partial charge in [0.25, 0.3) is 0 Å². The van der Waals surface area contributed by atoms with Gasteiger partial charge in [0.05, 0.1) is 41.9 Å². The van der Waals surface area contributed by atoms with Crippen LogP contribution >= 0.6 is 0 Å². The molecule has 4 heterocycles. The lowest BCUT2D eigenvalue weighted by molar-refractivity contribution is -0.306. The molecule has 12 heteroatoms. The monoisotopic (exact) mass is 669 g/mol. The van der Waals surface area contributed by atoms with Gasteiger partial charge in [-0.3, -0.25) is 4.79 Å². The van der Waals surface area contributed by atoms with Gasteiger partial charge in [0.1, 0.15) is 35.3 Å². The molecule has 5 rings (SSSR count). The van der Waals surface area contributed by atoms with E-state index < -0.39 is 89.7 Å². The van der Waals surface area contributed by atoms with Gasteiger partial charge >= 0.3 is 5.97 Å². The van der Waals surface area contributed by atoms with E-state index in [4.69, 9.17) is 33.2 Å². The number of ether oxygens (including phenoxy) is 7. The van der Waals surface area contributed by atoms with Crippen LogP contribution in [0.4, 0.5) is 0 Å². The number of rotatable bonds is 8. The zero-order valence-electron chi connectivity index (χ0n) is 29.9. The van der Waals surface area contributed by atoms with Crippen LogP contribution in [-0.2, 0) is 38.0 Å². The van der Waals surface area contributed by atoms with Crippen molar-refractivity contribution < 1.29 is 53.3 Å². The molecule has 16 atom stereocenters. The van der Waals surface area contributed by atoms with Crippen molar-refractivity contribution in [3.63, 3.8) is 0 Å². The Labute approximate surface area is 279 Å². The van der Waals surface area contributed by atoms with Crippen LogP contribution in [0.25, 0.3) is 0 Å². The van der Waals surface area contributed by atoms with E-state index in [1.807, 2.05) is 41.7 Å². The fraction of sp³-hybridized carbons (Fsp3) is 0.914. The van der Waals surface area contributed by atoms with E-state index in [0.717, 1.165) is 12.0 Å². The Bertz CT molecular complexity index is 1170. The maximum Gasteiger partial charge on any atom is 0.311 e. The SMILES string of the molecule is CC[C@@H](O)[C@]1(O)C[C@H]2C3=C(C)CC(C)(O3)[C@H](OC3CC(NC)CC(C)O3)[C@@H](C)[C@@H](OC3CC(C)(OC)C(O)C(C)O3)[C@@H](C)C(=O)O[C@H]21. The summed E-state index contributed by atoms with van der Waals surface area (Å²) in [5, 5.41) is 36.7. The molecule has 4 aliphatic heterocycles. The third kappa shape index (κ3) is 6.76. The zero-order valence-corrected chi connectivity index (χ0v) is 29.9. The maximum absolute atomic E-state index is 14.1. The highest BCUT2D eigenvalue weighted by atomic mass is 16.7. The summed E-state index contributed by atoms with van der Waals surface area (Å²) >= 11 is 0. The fourth-order valence-corrected chi connectivity index (χ4v) is 8.81. The molecule has 270 valence electrons. The van der Waals surface area contributed by atoms with E-state index >= 15 is 0 Å². The molecule has 0 aromatic heterocycles. The Morgan fingerprint density at radius 1 is 1.06 bits per heavy atom. The Morgan fingerprint density at radius 3 is 2.40 bits per heavy atom. The highest BCUT2D eigenvalue weighted by Gasteiger charge is 2.64. The van der Waals surface area contributed by atoms with Crippen molar-refractivity contribution in [3.05, 3.63) is 11.3 Å². The predicted molar refractivity (Wildman–Crippen MR) is 171 cm³/mol. The number of hydrogen-bond acceptors (Lipinski definition) is 12. The molecule has 5 aliphatic rings. The molecular weight excluding hydrogens is 610 g/mol. The minimum Gasteiger partial charge on any atom is -0.488 e. The number of nitrogens with one attached hydrogen (secondary N) is 1. The van der Waals surface area contributed by atoms with Crippen molar-refractivity contribution in [1.29, 1.82) is 0 Å². The number of carbonyl (C=O) groups excluding carboxylic acids is 1. The van der Waals surface area contributed by atoms with Gasteiger partial charge in [-0.15, -0.1) is 0 Å². The number of fused-ring (bicyclic) bond motifs is 4. The van der Waals surface area contributed by atoms with E-state index in [2.05, 4.69) is 5.32 Å². The van der Waals surface area contributed by atoms with Gasteiger partial charge < -0.3 is 53.8 Å².